The maximum absolute atomic E-state index is 13.2. The number of rotatable bonds is 5. The van der Waals surface area contributed by atoms with Gasteiger partial charge in [-0.2, -0.15) is 13.2 Å². The number of methoxy groups -OCH3 is 1. The molecule has 0 aliphatic heterocycles. The summed E-state index contributed by atoms with van der Waals surface area (Å²) in [5.74, 6) is -0.170. The Hall–Kier alpha value is -3.86. The summed E-state index contributed by atoms with van der Waals surface area (Å²) in [6, 6.07) is 12.1. The van der Waals surface area contributed by atoms with Gasteiger partial charge in [0.25, 0.3) is 5.56 Å². The van der Waals surface area contributed by atoms with Gasteiger partial charge in [0.05, 0.1) is 29.6 Å². The van der Waals surface area contributed by atoms with Crippen molar-refractivity contribution in [2.75, 3.05) is 12.4 Å². The summed E-state index contributed by atoms with van der Waals surface area (Å²) in [7, 11) is 1.44. The van der Waals surface area contributed by atoms with E-state index in [2.05, 4.69) is 5.32 Å². The van der Waals surface area contributed by atoms with Gasteiger partial charge >= 0.3 is 11.9 Å². The Morgan fingerprint density at radius 3 is 2.58 bits per heavy atom. The van der Waals surface area contributed by atoms with Gasteiger partial charge in [-0.1, -0.05) is 18.2 Å². The first-order valence-corrected chi connectivity index (χ1v) is 10.4. The van der Waals surface area contributed by atoms with Gasteiger partial charge in [-0.15, -0.1) is 11.3 Å². The zero-order valence-corrected chi connectivity index (χ0v) is 17.9. The third-order valence-corrected chi connectivity index (χ3v) is 5.76. The number of halogens is 3. The van der Waals surface area contributed by atoms with Crippen LogP contribution in [0.4, 0.5) is 18.9 Å². The summed E-state index contributed by atoms with van der Waals surface area (Å²) in [5.41, 5.74) is -2.34. The number of benzene rings is 2. The third kappa shape index (κ3) is 4.27. The number of alkyl halides is 3. The molecule has 0 bridgehead atoms. The molecule has 4 aromatic rings. The Morgan fingerprint density at radius 1 is 1.09 bits per heavy atom. The first-order chi connectivity index (χ1) is 15.7. The number of fused-ring (bicyclic) bond motifs is 1. The van der Waals surface area contributed by atoms with E-state index in [0.717, 1.165) is 34.1 Å². The normalized spacial score (nSPS) is 11.5. The van der Waals surface area contributed by atoms with Gasteiger partial charge in [0.1, 0.15) is 17.0 Å². The van der Waals surface area contributed by atoms with E-state index in [0.29, 0.717) is 16.0 Å². The van der Waals surface area contributed by atoms with Crippen LogP contribution in [0.25, 0.3) is 15.9 Å². The minimum atomic E-state index is -4.65. The molecule has 0 saturated carbocycles. The molecule has 170 valence electrons. The fourth-order valence-electron chi connectivity index (χ4n) is 3.37. The summed E-state index contributed by atoms with van der Waals surface area (Å²) < 4.78 is 46.6. The second kappa shape index (κ2) is 8.58. The molecule has 0 atom stereocenters. The quantitative estimate of drug-likeness (QED) is 0.475. The molecule has 2 heterocycles. The maximum Gasteiger partial charge on any atom is 0.416 e. The highest BCUT2D eigenvalue weighted by molar-refractivity contribution is 7.17. The number of amides is 1. The van der Waals surface area contributed by atoms with Crippen LogP contribution in [0.2, 0.25) is 0 Å². The number of ether oxygens (including phenoxy) is 1. The fraction of sp³-hybridized carbons (Fsp3) is 0.136. The Morgan fingerprint density at radius 2 is 1.85 bits per heavy atom. The molecule has 0 unspecified atom stereocenters. The second-order valence-corrected chi connectivity index (χ2v) is 7.86. The number of nitrogens with zero attached hydrogens (tertiary/aromatic N) is 2. The predicted molar refractivity (Wildman–Crippen MR) is 118 cm³/mol. The van der Waals surface area contributed by atoms with Crippen LogP contribution < -0.4 is 21.3 Å². The van der Waals surface area contributed by atoms with E-state index in [1.165, 1.54) is 19.2 Å². The van der Waals surface area contributed by atoms with Crippen LogP contribution in [0.1, 0.15) is 5.56 Å². The Balaban J connectivity index is 1.81. The molecule has 1 N–H and O–H groups in total. The van der Waals surface area contributed by atoms with Crippen molar-refractivity contribution < 1.29 is 22.7 Å². The van der Waals surface area contributed by atoms with Crippen LogP contribution in [0, 0.1) is 0 Å². The highest BCUT2D eigenvalue weighted by atomic mass is 32.1. The molecule has 2 aromatic carbocycles. The molecular weight excluding hydrogens is 459 g/mol. The van der Waals surface area contributed by atoms with Crippen molar-refractivity contribution in [1.82, 2.24) is 9.13 Å². The lowest BCUT2D eigenvalue weighted by atomic mass is 10.2. The Labute approximate surface area is 188 Å². The summed E-state index contributed by atoms with van der Waals surface area (Å²) in [6.07, 6.45) is -4.65. The summed E-state index contributed by atoms with van der Waals surface area (Å²) in [6.45, 7) is -0.469. The molecule has 11 heteroatoms. The first-order valence-electron chi connectivity index (χ1n) is 9.54. The summed E-state index contributed by atoms with van der Waals surface area (Å²) in [4.78, 5) is 38.9. The number of nitrogens with one attached hydrogen (secondary N) is 1. The molecule has 2 aromatic heterocycles. The molecule has 7 nitrogen and oxygen atoms in total. The van der Waals surface area contributed by atoms with Gasteiger partial charge in [-0.25, -0.2) is 9.36 Å². The first kappa shape index (κ1) is 22.3. The van der Waals surface area contributed by atoms with Crippen molar-refractivity contribution in [3.05, 3.63) is 86.4 Å². The average molecular weight is 475 g/mol. The van der Waals surface area contributed by atoms with Gasteiger partial charge < -0.3 is 10.1 Å². The molecule has 1 amide bonds. The van der Waals surface area contributed by atoms with Crippen molar-refractivity contribution in [2.24, 2.45) is 0 Å². The van der Waals surface area contributed by atoms with E-state index in [1.807, 2.05) is 0 Å². The lowest BCUT2D eigenvalue weighted by Crippen LogP contribution is -2.40. The maximum atomic E-state index is 13.2. The standard InChI is InChI=1S/C22H16F3N3O4S/c1-32-17-8-3-2-7-15(17)26-18(29)12-27-16-9-10-33-19(16)20(30)28(21(27)31)14-6-4-5-13(11-14)22(23,24)25/h2-11H,12H2,1H3,(H,26,29). The van der Waals surface area contributed by atoms with Crippen molar-refractivity contribution in [1.29, 1.82) is 0 Å². The van der Waals surface area contributed by atoms with E-state index in [-0.39, 0.29) is 15.9 Å². The Bertz CT molecular complexity index is 1470. The van der Waals surface area contributed by atoms with Crippen molar-refractivity contribution in [3.63, 3.8) is 0 Å². The highest BCUT2D eigenvalue weighted by Crippen LogP contribution is 2.30. The monoisotopic (exact) mass is 475 g/mol. The van der Waals surface area contributed by atoms with E-state index >= 15 is 0 Å². The average Bonchev–Trinajstić information content (AvgIpc) is 3.27. The van der Waals surface area contributed by atoms with Crippen LogP contribution in [-0.2, 0) is 17.5 Å². The number of aromatic nitrogens is 2. The van der Waals surface area contributed by atoms with Crippen molar-refractivity contribution in [3.8, 4) is 11.4 Å². The minimum Gasteiger partial charge on any atom is -0.495 e. The third-order valence-electron chi connectivity index (χ3n) is 4.87. The molecule has 0 fully saturated rings. The lowest BCUT2D eigenvalue weighted by Gasteiger charge is -2.14. The van der Waals surface area contributed by atoms with Crippen LogP contribution >= 0.6 is 11.3 Å². The molecule has 0 aliphatic carbocycles. The number of carbonyl (C=O) groups excluding carboxylic acids is 1. The predicted octanol–water partition coefficient (Wildman–Crippen LogP) is 3.88. The van der Waals surface area contributed by atoms with E-state index in [9.17, 15) is 27.6 Å². The number of carbonyl (C=O) groups is 1. The number of para-hydroxylation sites is 2. The van der Waals surface area contributed by atoms with Crippen molar-refractivity contribution >= 4 is 33.1 Å². The largest absolute Gasteiger partial charge is 0.495 e. The highest BCUT2D eigenvalue weighted by Gasteiger charge is 2.31. The second-order valence-electron chi connectivity index (χ2n) is 6.94. The van der Waals surface area contributed by atoms with Crippen molar-refractivity contribution in [2.45, 2.75) is 12.7 Å². The van der Waals surface area contributed by atoms with Crippen LogP contribution in [0.15, 0.2) is 69.6 Å². The molecule has 0 radical (unpaired) electrons. The molecule has 0 aliphatic rings. The van der Waals surface area contributed by atoms with Gasteiger partial charge in [0, 0.05) is 0 Å². The molecule has 0 spiro atoms. The number of hydrogen-bond acceptors (Lipinski definition) is 5. The molecule has 33 heavy (non-hydrogen) atoms. The topological polar surface area (TPSA) is 82.3 Å². The zero-order valence-electron chi connectivity index (χ0n) is 17.1. The summed E-state index contributed by atoms with van der Waals surface area (Å²) >= 11 is 1.03. The van der Waals surface area contributed by atoms with E-state index in [4.69, 9.17) is 4.74 Å². The number of anilines is 1. The lowest BCUT2D eigenvalue weighted by molar-refractivity contribution is -0.137. The number of thiophene rings is 1. The molecular formula is C22H16F3N3O4S. The smallest absolute Gasteiger partial charge is 0.416 e. The van der Waals surface area contributed by atoms with Gasteiger partial charge in [-0.3, -0.25) is 14.2 Å². The van der Waals surface area contributed by atoms with Gasteiger partial charge in [0.2, 0.25) is 5.91 Å². The fourth-order valence-corrected chi connectivity index (χ4v) is 4.19. The number of hydrogen-bond donors (Lipinski definition) is 1. The Kier molecular flexibility index (Phi) is 5.81. The van der Waals surface area contributed by atoms with E-state index in [1.54, 1.807) is 29.6 Å². The summed E-state index contributed by atoms with van der Waals surface area (Å²) in [5, 5.41) is 4.21. The zero-order chi connectivity index (χ0) is 23.8. The van der Waals surface area contributed by atoms with E-state index < -0.39 is 35.4 Å². The van der Waals surface area contributed by atoms with Gasteiger partial charge in [-0.05, 0) is 41.8 Å². The van der Waals surface area contributed by atoms with Crippen LogP contribution in [0.3, 0.4) is 0 Å². The SMILES string of the molecule is COc1ccccc1NC(=O)Cn1c(=O)n(-c2cccc(C(F)(F)F)c2)c(=O)c2sccc21. The van der Waals surface area contributed by atoms with Crippen LogP contribution in [-0.4, -0.2) is 22.2 Å². The minimum absolute atomic E-state index is 0.136. The molecule has 0 saturated heterocycles. The molecule has 4 rings (SSSR count). The van der Waals surface area contributed by atoms with Gasteiger partial charge in [0.15, 0.2) is 0 Å². The van der Waals surface area contributed by atoms with Crippen LogP contribution in [0.5, 0.6) is 5.75 Å².